The predicted molar refractivity (Wildman–Crippen MR) is 63.3 cm³/mol. The molecule has 2 N–H and O–H groups in total. The van der Waals surface area contributed by atoms with Gasteiger partial charge in [-0.15, -0.1) is 0 Å². The van der Waals surface area contributed by atoms with Crippen LogP contribution in [0.1, 0.15) is 26.2 Å². The molecule has 2 unspecified atom stereocenters. The van der Waals surface area contributed by atoms with Crippen LogP contribution in [0.3, 0.4) is 0 Å². The first-order valence-electron chi connectivity index (χ1n) is 5.83. The van der Waals surface area contributed by atoms with Crippen LogP contribution in [-0.4, -0.2) is 48.6 Å². The molecule has 0 saturated carbocycles. The highest BCUT2D eigenvalue weighted by Gasteiger charge is 2.32. The number of ether oxygens (including phenoxy) is 1. The van der Waals surface area contributed by atoms with Gasteiger partial charge in [0.25, 0.3) is 5.91 Å². The van der Waals surface area contributed by atoms with Crippen molar-refractivity contribution in [1.82, 2.24) is 5.32 Å². The molecule has 1 aliphatic heterocycles. The van der Waals surface area contributed by atoms with Crippen molar-refractivity contribution in [2.24, 2.45) is 5.16 Å². The molecule has 0 aromatic carbocycles. The minimum atomic E-state index is -1.16. The molecule has 102 valence electrons. The smallest absolute Gasteiger partial charge is 0.353 e. The van der Waals surface area contributed by atoms with E-state index in [1.54, 1.807) is 7.11 Å². The van der Waals surface area contributed by atoms with Gasteiger partial charge in [0.1, 0.15) is 0 Å². The Hall–Kier alpha value is -1.63. The first-order chi connectivity index (χ1) is 8.58. The lowest BCUT2D eigenvalue weighted by Gasteiger charge is -2.18. The van der Waals surface area contributed by atoms with Crippen molar-refractivity contribution >= 4 is 17.6 Å². The first-order valence-corrected chi connectivity index (χ1v) is 5.83. The number of hydrogen-bond donors (Lipinski definition) is 2. The van der Waals surface area contributed by atoms with Crippen LogP contribution in [-0.2, 0) is 19.2 Å². The molecular formula is C11H18N2O5. The zero-order chi connectivity index (χ0) is 13.5. The van der Waals surface area contributed by atoms with E-state index in [9.17, 15) is 9.59 Å². The predicted octanol–water partition coefficient (Wildman–Crippen LogP) is 0.147. The normalized spacial score (nSPS) is 19.9. The SMILES string of the molecule is CCCC(COC)NC(=O)C1CC(C(=O)O)=NO1. The van der Waals surface area contributed by atoms with Gasteiger partial charge in [0, 0.05) is 13.5 Å². The van der Waals surface area contributed by atoms with E-state index >= 15 is 0 Å². The lowest BCUT2D eigenvalue weighted by Crippen LogP contribution is -2.43. The molecular weight excluding hydrogens is 240 g/mol. The summed E-state index contributed by atoms with van der Waals surface area (Å²) in [6.45, 7) is 2.42. The number of nitrogens with zero attached hydrogens (tertiary/aromatic N) is 1. The lowest BCUT2D eigenvalue weighted by atomic mass is 10.1. The van der Waals surface area contributed by atoms with Crippen LogP contribution in [0.15, 0.2) is 5.16 Å². The number of carboxylic acid groups (broad SMARTS) is 1. The average molecular weight is 258 g/mol. The van der Waals surface area contributed by atoms with Gasteiger partial charge >= 0.3 is 5.97 Å². The van der Waals surface area contributed by atoms with Gasteiger partial charge in [0.05, 0.1) is 12.6 Å². The fourth-order valence-corrected chi connectivity index (χ4v) is 1.69. The van der Waals surface area contributed by atoms with Crippen molar-refractivity contribution < 1.29 is 24.3 Å². The molecule has 7 heteroatoms. The third-order valence-electron chi connectivity index (χ3n) is 2.56. The maximum atomic E-state index is 11.8. The summed E-state index contributed by atoms with van der Waals surface area (Å²) in [6.07, 6.45) is 0.843. The Morgan fingerprint density at radius 1 is 1.67 bits per heavy atom. The highest BCUT2D eigenvalue weighted by molar-refractivity contribution is 6.36. The van der Waals surface area contributed by atoms with Crippen LogP contribution in [0.2, 0.25) is 0 Å². The maximum Gasteiger partial charge on any atom is 0.353 e. The van der Waals surface area contributed by atoms with Crippen molar-refractivity contribution in [3.05, 3.63) is 0 Å². The molecule has 0 bridgehead atoms. The second kappa shape index (κ2) is 6.95. The molecule has 1 aliphatic rings. The number of rotatable bonds is 7. The standard InChI is InChI=1S/C11H18N2O5/c1-3-4-7(6-17-2)12-10(14)9-5-8(11(15)16)13-18-9/h7,9H,3-6H2,1-2H3,(H,12,14)(H,15,16). The Morgan fingerprint density at radius 3 is 2.89 bits per heavy atom. The van der Waals surface area contributed by atoms with Crippen molar-refractivity contribution in [1.29, 1.82) is 0 Å². The number of carbonyl (C=O) groups excluding carboxylic acids is 1. The third kappa shape index (κ3) is 3.99. The van der Waals surface area contributed by atoms with Crippen molar-refractivity contribution in [2.45, 2.75) is 38.3 Å². The Morgan fingerprint density at radius 2 is 2.39 bits per heavy atom. The van der Waals surface area contributed by atoms with Crippen LogP contribution in [0.4, 0.5) is 0 Å². The average Bonchev–Trinajstić information content (AvgIpc) is 2.79. The largest absolute Gasteiger partial charge is 0.477 e. The molecule has 1 amide bonds. The summed E-state index contributed by atoms with van der Waals surface area (Å²) in [5, 5.41) is 14.8. The summed E-state index contributed by atoms with van der Waals surface area (Å²) >= 11 is 0. The van der Waals surface area contributed by atoms with E-state index in [1.165, 1.54) is 0 Å². The monoisotopic (exact) mass is 258 g/mol. The minimum Gasteiger partial charge on any atom is -0.477 e. The second-order valence-electron chi connectivity index (χ2n) is 4.09. The van der Waals surface area contributed by atoms with E-state index in [-0.39, 0.29) is 24.1 Å². The van der Waals surface area contributed by atoms with Crippen molar-refractivity contribution in [3.63, 3.8) is 0 Å². The second-order valence-corrected chi connectivity index (χ2v) is 4.09. The molecule has 0 aromatic heterocycles. The molecule has 2 atom stereocenters. The number of oxime groups is 1. The number of aliphatic carboxylic acids is 1. The zero-order valence-electron chi connectivity index (χ0n) is 10.5. The first kappa shape index (κ1) is 14.4. The van der Waals surface area contributed by atoms with E-state index in [0.29, 0.717) is 6.61 Å². The lowest BCUT2D eigenvalue weighted by molar-refractivity contribution is -0.132. The fraction of sp³-hybridized carbons (Fsp3) is 0.727. The molecule has 0 fully saturated rings. The highest BCUT2D eigenvalue weighted by Crippen LogP contribution is 2.11. The van der Waals surface area contributed by atoms with Gasteiger partial charge in [-0.2, -0.15) is 0 Å². The molecule has 1 rings (SSSR count). The Labute approximate surface area is 105 Å². The number of hydrogen-bond acceptors (Lipinski definition) is 5. The van der Waals surface area contributed by atoms with Crippen LogP contribution in [0.5, 0.6) is 0 Å². The summed E-state index contributed by atoms with van der Waals surface area (Å²) in [7, 11) is 1.56. The van der Waals surface area contributed by atoms with E-state index < -0.39 is 12.1 Å². The molecule has 7 nitrogen and oxygen atoms in total. The van der Waals surface area contributed by atoms with E-state index in [1.807, 2.05) is 6.92 Å². The molecule has 0 spiro atoms. The van der Waals surface area contributed by atoms with Gasteiger partial charge in [0.15, 0.2) is 5.71 Å². The van der Waals surface area contributed by atoms with Crippen molar-refractivity contribution in [2.75, 3.05) is 13.7 Å². The summed E-state index contributed by atoms with van der Waals surface area (Å²) in [5.74, 6) is -1.52. The number of carboxylic acids is 1. The molecule has 1 heterocycles. The summed E-state index contributed by atoms with van der Waals surface area (Å²) in [6, 6.07) is -0.0926. The summed E-state index contributed by atoms with van der Waals surface area (Å²) < 4.78 is 5.00. The van der Waals surface area contributed by atoms with Crippen LogP contribution >= 0.6 is 0 Å². The summed E-state index contributed by atoms with van der Waals surface area (Å²) in [5.41, 5.74) is -0.131. The minimum absolute atomic E-state index is 0.00695. The Balaban J connectivity index is 2.44. The topological polar surface area (TPSA) is 97.2 Å². The summed E-state index contributed by atoms with van der Waals surface area (Å²) in [4.78, 5) is 27.3. The van der Waals surface area contributed by atoms with Gasteiger partial charge in [-0.25, -0.2) is 4.79 Å². The Kier molecular flexibility index (Phi) is 5.57. The van der Waals surface area contributed by atoms with Gasteiger partial charge < -0.3 is 20.0 Å². The van der Waals surface area contributed by atoms with Crippen LogP contribution in [0, 0.1) is 0 Å². The van der Waals surface area contributed by atoms with Crippen molar-refractivity contribution in [3.8, 4) is 0 Å². The van der Waals surface area contributed by atoms with Gasteiger partial charge in [-0.05, 0) is 6.42 Å². The van der Waals surface area contributed by atoms with E-state index in [4.69, 9.17) is 14.7 Å². The quantitative estimate of drug-likeness (QED) is 0.677. The molecule has 0 radical (unpaired) electrons. The number of amides is 1. The van der Waals surface area contributed by atoms with E-state index in [0.717, 1.165) is 12.8 Å². The van der Waals surface area contributed by atoms with Gasteiger partial charge in [0.2, 0.25) is 6.10 Å². The van der Waals surface area contributed by atoms with Crippen LogP contribution in [0.25, 0.3) is 0 Å². The zero-order valence-corrected chi connectivity index (χ0v) is 10.5. The number of carbonyl (C=O) groups is 2. The van der Waals surface area contributed by atoms with Crippen LogP contribution < -0.4 is 5.32 Å². The van der Waals surface area contributed by atoms with Gasteiger partial charge in [-0.1, -0.05) is 18.5 Å². The molecule has 0 aromatic rings. The number of nitrogens with one attached hydrogen (secondary N) is 1. The van der Waals surface area contributed by atoms with E-state index in [2.05, 4.69) is 10.5 Å². The highest BCUT2D eigenvalue weighted by atomic mass is 16.6. The molecule has 18 heavy (non-hydrogen) atoms. The fourth-order valence-electron chi connectivity index (χ4n) is 1.69. The maximum absolute atomic E-state index is 11.8. The molecule has 0 saturated heterocycles. The van der Waals surface area contributed by atoms with Gasteiger partial charge in [-0.3, -0.25) is 4.79 Å². The number of methoxy groups -OCH3 is 1. The molecule has 0 aliphatic carbocycles. The Bertz CT molecular complexity index is 336. The third-order valence-corrected chi connectivity index (χ3v) is 2.56.